The van der Waals surface area contributed by atoms with Crippen molar-refractivity contribution in [1.82, 2.24) is 14.5 Å². The molecule has 6 rings (SSSR count). The predicted molar refractivity (Wildman–Crippen MR) is 114 cm³/mol. The fourth-order valence-corrected chi connectivity index (χ4v) is 5.46. The highest BCUT2D eigenvalue weighted by Gasteiger charge is 2.65. The van der Waals surface area contributed by atoms with E-state index in [1.807, 2.05) is 55.8 Å². The van der Waals surface area contributed by atoms with E-state index in [1.54, 1.807) is 0 Å². The molecule has 3 aliphatic rings. The van der Waals surface area contributed by atoms with Gasteiger partial charge in [-0.15, -0.1) is 0 Å². The number of aromatic nitrogens is 3. The third-order valence-electron chi connectivity index (χ3n) is 6.40. The lowest BCUT2D eigenvalue weighted by molar-refractivity contribution is -0.240. The summed E-state index contributed by atoms with van der Waals surface area (Å²) in [5.41, 5.74) is 1.98. The van der Waals surface area contributed by atoms with Gasteiger partial charge in [-0.05, 0) is 50.1 Å². The minimum absolute atomic E-state index is 0.351. The first-order chi connectivity index (χ1) is 14.8. The molecule has 2 fully saturated rings. The molecule has 2 saturated heterocycles. The van der Waals surface area contributed by atoms with Gasteiger partial charge in [-0.3, -0.25) is 0 Å². The molecule has 5 heterocycles. The number of halogens is 2. The Kier molecular flexibility index (Phi) is 4.26. The van der Waals surface area contributed by atoms with Crippen LogP contribution in [-0.4, -0.2) is 38.1 Å². The minimum Gasteiger partial charge on any atom is -0.366 e. The minimum atomic E-state index is -0.813. The molecule has 162 valence electrons. The number of nitrogens with zero attached hydrogens (tertiary/aromatic N) is 3. The quantitative estimate of drug-likeness (QED) is 0.509. The lowest BCUT2D eigenvalue weighted by Crippen LogP contribution is -2.45. The van der Waals surface area contributed by atoms with Gasteiger partial charge in [0.25, 0.3) is 0 Å². The number of hydrogen-bond acceptors (Lipinski definition) is 6. The largest absolute Gasteiger partial charge is 0.366 e. The summed E-state index contributed by atoms with van der Waals surface area (Å²) in [5, 5.41) is 1.81. The maximum absolute atomic E-state index is 6.72. The Morgan fingerprint density at radius 1 is 1.06 bits per heavy atom. The monoisotopic (exact) mass is 461 g/mol. The topological polar surface area (TPSA) is 67.6 Å². The van der Waals surface area contributed by atoms with Crippen LogP contribution in [0, 0.1) is 0 Å². The fourth-order valence-electron chi connectivity index (χ4n) is 5.09. The van der Waals surface area contributed by atoms with Crippen molar-refractivity contribution in [3.8, 4) is 0 Å². The maximum Gasteiger partial charge on any atom is 0.165 e. The van der Waals surface area contributed by atoms with Crippen LogP contribution in [0.1, 0.15) is 44.2 Å². The molecule has 0 bridgehead atoms. The molecule has 9 heteroatoms. The van der Waals surface area contributed by atoms with E-state index in [4.69, 9.17) is 42.1 Å². The Morgan fingerprint density at radius 3 is 2.74 bits per heavy atom. The van der Waals surface area contributed by atoms with Crippen molar-refractivity contribution >= 4 is 34.2 Å². The van der Waals surface area contributed by atoms with Crippen LogP contribution in [-0.2, 0) is 25.6 Å². The van der Waals surface area contributed by atoms with E-state index in [0.717, 1.165) is 16.5 Å². The highest BCUT2D eigenvalue weighted by atomic mass is 35.5. The number of benzene rings is 1. The van der Waals surface area contributed by atoms with Gasteiger partial charge >= 0.3 is 0 Å². The first-order valence-electron chi connectivity index (χ1n) is 10.2. The second-order valence-corrected chi connectivity index (χ2v) is 9.67. The van der Waals surface area contributed by atoms with Crippen molar-refractivity contribution in [3.63, 3.8) is 0 Å². The first-order valence-corrected chi connectivity index (χ1v) is 10.9. The molecule has 0 radical (unpaired) electrons. The Morgan fingerprint density at radius 2 is 1.90 bits per heavy atom. The molecule has 31 heavy (non-hydrogen) atoms. The van der Waals surface area contributed by atoms with Gasteiger partial charge in [-0.1, -0.05) is 29.3 Å². The van der Waals surface area contributed by atoms with Crippen molar-refractivity contribution in [2.75, 3.05) is 0 Å². The molecule has 0 aliphatic carbocycles. The van der Waals surface area contributed by atoms with Crippen molar-refractivity contribution in [2.24, 2.45) is 0 Å². The molecule has 3 aromatic rings. The predicted octanol–water partition coefficient (Wildman–Crippen LogP) is 4.82. The van der Waals surface area contributed by atoms with E-state index in [9.17, 15) is 0 Å². The molecule has 5 atom stereocenters. The Balaban J connectivity index is 1.46. The van der Waals surface area contributed by atoms with Crippen molar-refractivity contribution < 1.29 is 18.9 Å². The summed E-state index contributed by atoms with van der Waals surface area (Å²) in [6, 6.07) is 7.71. The summed E-state index contributed by atoms with van der Waals surface area (Å²) in [6.07, 6.45) is 1.78. The van der Waals surface area contributed by atoms with Gasteiger partial charge in [-0.2, -0.15) is 0 Å². The molecular weight excluding hydrogens is 441 g/mol. The summed E-state index contributed by atoms with van der Waals surface area (Å²) in [6.45, 7) is 6.34. The number of fused-ring (bicyclic) bond motifs is 3. The molecule has 0 N–H and O–H groups in total. The van der Waals surface area contributed by atoms with Crippen LogP contribution in [0.4, 0.5) is 0 Å². The normalized spacial score (nSPS) is 33.7. The fraction of sp³-hybridized carbons (Fsp3) is 0.455. The average Bonchev–Trinajstić information content (AvgIpc) is 3.45. The molecule has 1 aromatic carbocycles. The van der Waals surface area contributed by atoms with E-state index in [2.05, 4.69) is 9.97 Å². The molecule has 0 amide bonds. The summed E-state index contributed by atoms with van der Waals surface area (Å²) >= 11 is 12.6. The van der Waals surface area contributed by atoms with Crippen molar-refractivity contribution in [3.05, 3.63) is 58.1 Å². The summed E-state index contributed by atoms with van der Waals surface area (Å²) < 4.78 is 27.6. The van der Waals surface area contributed by atoms with E-state index < -0.39 is 17.6 Å². The highest BCUT2D eigenvalue weighted by molar-refractivity contribution is 6.33. The van der Waals surface area contributed by atoms with Crippen LogP contribution in [0.15, 0.2) is 36.8 Å². The highest BCUT2D eigenvalue weighted by Crippen LogP contribution is 2.55. The van der Waals surface area contributed by atoms with Gasteiger partial charge in [0.05, 0.1) is 12.0 Å². The third kappa shape index (κ3) is 2.88. The van der Waals surface area contributed by atoms with Crippen molar-refractivity contribution in [1.29, 1.82) is 0 Å². The van der Waals surface area contributed by atoms with Crippen molar-refractivity contribution in [2.45, 2.75) is 63.3 Å². The molecule has 0 spiro atoms. The zero-order valence-corrected chi connectivity index (χ0v) is 18.7. The second-order valence-electron chi connectivity index (χ2n) is 8.87. The van der Waals surface area contributed by atoms with Gasteiger partial charge in [-0.25, -0.2) is 9.97 Å². The van der Waals surface area contributed by atoms with E-state index in [1.165, 1.54) is 6.33 Å². The van der Waals surface area contributed by atoms with Crippen LogP contribution >= 0.6 is 23.2 Å². The molecule has 3 aliphatic heterocycles. The van der Waals surface area contributed by atoms with Gasteiger partial charge in [0.1, 0.15) is 41.0 Å². The van der Waals surface area contributed by atoms with Crippen LogP contribution in [0.3, 0.4) is 0 Å². The van der Waals surface area contributed by atoms with Crippen LogP contribution < -0.4 is 0 Å². The summed E-state index contributed by atoms with van der Waals surface area (Å²) in [4.78, 5) is 8.51. The standard InChI is InChI=1S/C22H21Cl2N3O4/c1-21(2)29-15-17(30-21)22(3,16-14-8-12(23)5-4-11(14)9-28-16)31-20(15)27-7-6-13-18(24)25-10-26-19(13)27/h4-8,10,15-17,20H,9H2,1-3H3/t15-,16-,17+,20-,22-/m1/s1. The van der Waals surface area contributed by atoms with Gasteiger partial charge in [0.15, 0.2) is 12.0 Å². The Bertz CT molecular complexity index is 1200. The Hall–Kier alpha value is -1.74. The molecule has 0 saturated carbocycles. The smallest absolute Gasteiger partial charge is 0.165 e. The zero-order chi connectivity index (χ0) is 21.5. The average molecular weight is 462 g/mol. The third-order valence-corrected chi connectivity index (χ3v) is 6.94. The molecular formula is C22H21Cl2N3O4. The maximum atomic E-state index is 6.72. The SMILES string of the molecule is CC1(C)O[C@H]2[C@H](n3ccc4c(Cl)ncnc43)O[C@](C)([C@@H]3OCc4ccc(Cl)cc43)[C@H]2O1. The van der Waals surface area contributed by atoms with Gasteiger partial charge in [0, 0.05) is 11.2 Å². The Labute approximate surface area is 189 Å². The lowest BCUT2D eigenvalue weighted by atomic mass is 9.86. The van der Waals surface area contributed by atoms with Gasteiger partial charge < -0.3 is 23.5 Å². The molecule has 7 nitrogen and oxygen atoms in total. The first kappa shape index (κ1) is 19.9. The summed E-state index contributed by atoms with van der Waals surface area (Å²) in [7, 11) is 0. The number of hydrogen-bond donors (Lipinski definition) is 0. The second kappa shape index (κ2) is 6.63. The van der Waals surface area contributed by atoms with Crippen LogP contribution in [0.2, 0.25) is 10.2 Å². The van der Waals surface area contributed by atoms with E-state index in [0.29, 0.717) is 22.4 Å². The number of ether oxygens (including phenoxy) is 4. The van der Waals surface area contributed by atoms with Gasteiger partial charge in [0.2, 0.25) is 0 Å². The number of rotatable bonds is 2. The van der Waals surface area contributed by atoms with E-state index >= 15 is 0 Å². The summed E-state index contributed by atoms with van der Waals surface area (Å²) in [5.74, 6) is -0.760. The van der Waals surface area contributed by atoms with Crippen LogP contribution in [0.25, 0.3) is 11.0 Å². The molecule has 0 unspecified atom stereocenters. The lowest BCUT2D eigenvalue weighted by Gasteiger charge is -2.36. The van der Waals surface area contributed by atoms with E-state index in [-0.39, 0.29) is 18.3 Å². The zero-order valence-electron chi connectivity index (χ0n) is 17.2. The van der Waals surface area contributed by atoms with Crippen LogP contribution in [0.5, 0.6) is 0 Å². The molecule has 2 aromatic heterocycles.